The Morgan fingerprint density at radius 1 is 0.643 bits per heavy atom. The molecule has 0 aliphatic rings. The average Bonchev–Trinajstić information content (AvgIpc) is 3.71. The van der Waals surface area contributed by atoms with Gasteiger partial charge in [0.1, 0.15) is 11.5 Å². The Labute approximate surface area is 254 Å². The van der Waals surface area contributed by atoms with Crippen molar-refractivity contribution in [1.82, 2.24) is 15.0 Å². The lowest BCUT2D eigenvalue weighted by Crippen LogP contribution is -1.97. The Balaban J connectivity index is 1.36. The van der Waals surface area contributed by atoms with Gasteiger partial charge in [-0.05, 0) is 84.8 Å². The van der Waals surface area contributed by atoms with Gasteiger partial charge in [-0.25, -0.2) is 4.98 Å². The Morgan fingerprint density at radius 2 is 1.24 bits per heavy atom. The summed E-state index contributed by atoms with van der Waals surface area (Å²) in [5, 5.41) is 2.19. The Morgan fingerprint density at radius 3 is 1.93 bits per heavy atom. The monoisotopic (exact) mass is 609 g/mol. The molecule has 6 heterocycles. The maximum Gasteiger partial charge on any atom is 0.298 e. The van der Waals surface area contributed by atoms with E-state index in [1.165, 1.54) is 42.4 Å². The van der Waals surface area contributed by atoms with Crippen molar-refractivity contribution < 1.29 is 19.1 Å². The molecule has 0 amide bonds. The predicted octanol–water partition coefficient (Wildman–Crippen LogP) is 8.39. The molecule has 7 nitrogen and oxygen atoms in total. The molecular formula is C32H23N3O4S3. The van der Waals surface area contributed by atoms with E-state index in [1.54, 1.807) is 53.1 Å². The van der Waals surface area contributed by atoms with Crippen molar-refractivity contribution in [3.05, 3.63) is 89.1 Å². The molecule has 0 unspecified atom stereocenters. The lowest BCUT2D eigenvalue weighted by molar-refractivity contribution is -0.121. The predicted molar refractivity (Wildman–Crippen MR) is 168 cm³/mol. The number of rotatable bonds is 9. The molecule has 0 atom stereocenters. The average molecular weight is 610 g/mol. The minimum absolute atomic E-state index is 0.291. The molecule has 0 aliphatic carbocycles. The number of hydrogen-bond donors (Lipinski definition) is 0. The first-order valence-corrected chi connectivity index (χ1v) is 15.4. The van der Waals surface area contributed by atoms with Crippen molar-refractivity contribution in [1.29, 1.82) is 0 Å². The van der Waals surface area contributed by atoms with Gasteiger partial charge in [0.15, 0.2) is 0 Å². The van der Waals surface area contributed by atoms with Gasteiger partial charge in [0.25, 0.3) is 12.9 Å². The second-order valence-corrected chi connectivity index (χ2v) is 12.6. The minimum atomic E-state index is 0.291. The number of pyridine rings is 3. The van der Waals surface area contributed by atoms with Crippen molar-refractivity contribution in [3.8, 4) is 64.2 Å². The van der Waals surface area contributed by atoms with Crippen LogP contribution >= 0.6 is 34.0 Å². The van der Waals surface area contributed by atoms with Gasteiger partial charge in [0.05, 0.1) is 22.8 Å². The lowest BCUT2D eigenvalue weighted by Gasteiger charge is -2.09. The maximum absolute atomic E-state index is 11.2. The molecule has 42 heavy (non-hydrogen) atoms. The maximum atomic E-state index is 11.2. The van der Waals surface area contributed by atoms with E-state index in [0.29, 0.717) is 47.2 Å². The number of thiophene rings is 3. The van der Waals surface area contributed by atoms with E-state index >= 15 is 0 Å². The van der Waals surface area contributed by atoms with Gasteiger partial charge < -0.3 is 9.47 Å². The number of carbonyl (C=O) groups excluding carboxylic acids is 2. The summed E-state index contributed by atoms with van der Waals surface area (Å²) in [4.78, 5) is 41.9. The summed E-state index contributed by atoms with van der Waals surface area (Å²) in [5.41, 5.74) is 6.80. The molecule has 6 aromatic rings. The first-order valence-electron chi connectivity index (χ1n) is 12.8. The molecule has 6 aromatic heterocycles. The molecular weight excluding hydrogens is 587 g/mol. The van der Waals surface area contributed by atoms with Crippen LogP contribution < -0.4 is 9.47 Å². The fourth-order valence-corrected chi connectivity index (χ4v) is 8.14. The molecule has 0 bridgehead atoms. The van der Waals surface area contributed by atoms with Crippen LogP contribution in [0.3, 0.4) is 0 Å². The standard InChI is InChI=1S/C32H23N3O4S3/c1-18-8-29(40-15-18)31-20(3)10-30(42-31)32-19(2)9-28(41-32)21-4-6-33-24(11-21)26-13-23(39-17-37)14-27(35-26)25-12-22(38-16-36)5-7-34-25/h4-17H,1-3H3. The van der Waals surface area contributed by atoms with Crippen LogP contribution in [0.1, 0.15) is 16.7 Å². The first kappa shape index (κ1) is 27.6. The van der Waals surface area contributed by atoms with Crippen molar-refractivity contribution in [3.63, 3.8) is 0 Å². The molecule has 10 heteroatoms. The van der Waals surface area contributed by atoms with Crippen LogP contribution in [0.15, 0.2) is 72.4 Å². The van der Waals surface area contributed by atoms with Gasteiger partial charge in [0, 0.05) is 55.0 Å². The van der Waals surface area contributed by atoms with E-state index in [2.05, 4.69) is 54.3 Å². The highest BCUT2D eigenvalue weighted by atomic mass is 32.1. The van der Waals surface area contributed by atoms with E-state index in [0.717, 1.165) is 10.4 Å². The summed E-state index contributed by atoms with van der Waals surface area (Å²) in [7, 11) is 0. The van der Waals surface area contributed by atoms with Crippen molar-refractivity contribution in [2.24, 2.45) is 0 Å². The molecule has 0 radical (unpaired) electrons. The molecule has 208 valence electrons. The van der Waals surface area contributed by atoms with E-state index in [9.17, 15) is 9.59 Å². The molecule has 0 saturated heterocycles. The van der Waals surface area contributed by atoms with Crippen molar-refractivity contribution in [2.75, 3.05) is 0 Å². The van der Waals surface area contributed by atoms with Crippen LogP contribution in [-0.4, -0.2) is 27.9 Å². The van der Waals surface area contributed by atoms with Crippen LogP contribution in [0.4, 0.5) is 0 Å². The zero-order valence-corrected chi connectivity index (χ0v) is 25.2. The molecule has 0 aromatic carbocycles. The zero-order chi connectivity index (χ0) is 29.2. The number of ether oxygens (including phenoxy) is 2. The molecule has 0 aliphatic heterocycles. The topological polar surface area (TPSA) is 91.3 Å². The van der Waals surface area contributed by atoms with Crippen LogP contribution in [-0.2, 0) is 9.59 Å². The summed E-state index contributed by atoms with van der Waals surface area (Å²) in [6, 6.07) is 17.1. The number of aryl methyl sites for hydroxylation is 3. The number of aromatic nitrogens is 3. The SMILES string of the molecule is Cc1csc(-c2sc(-c3sc(-c4ccnc(-c5cc(OC=O)cc(-c6cc(OC=O)ccn6)n5)c4)cc3C)cc2C)c1. The minimum Gasteiger partial charge on any atom is -0.429 e. The van der Waals surface area contributed by atoms with Gasteiger partial charge in [-0.3, -0.25) is 19.6 Å². The summed E-state index contributed by atoms with van der Waals surface area (Å²) in [6.45, 7) is 7.16. The third-order valence-corrected chi connectivity index (χ3v) is 10.4. The van der Waals surface area contributed by atoms with Gasteiger partial charge in [-0.2, -0.15) is 0 Å². The Bertz CT molecular complexity index is 1940. The second-order valence-electron chi connectivity index (χ2n) is 9.54. The first-order chi connectivity index (χ1) is 20.4. The molecule has 0 N–H and O–H groups in total. The highest BCUT2D eigenvalue weighted by Gasteiger charge is 2.17. The van der Waals surface area contributed by atoms with Crippen molar-refractivity contribution >= 4 is 47.0 Å². The zero-order valence-electron chi connectivity index (χ0n) is 22.8. The smallest absolute Gasteiger partial charge is 0.298 e. The van der Waals surface area contributed by atoms with E-state index < -0.39 is 0 Å². The highest BCUT2D eigenvalue weighted by molar-refractivity contribution is 7.27. The highest BCUT2D eigenvalue weighted by Crippen LogP contribution is 2.45. The summed E-state index contributed by atoms with van der Waals surface area (Å²) >= 11 is 5.37. The van der Waals surface area contributed by atoms with E-state index in [-0.39, 0.29) is 0 Å². The normalized spacial score (nSPS) is 10.9. The fourth-order valence-electron chi connectivity index (χ4n) is 4.55. The fraction of sp³-hybridized carbons (Fsp3) is 0.0938. The summed E-state index contributed by atoms with van der Waals surface area (Å²) < 4.78 is 10.1. The number of nitrogens with zero attached hydrogens (tertiary/aromatic N) is 3. The van der Waals surface area contributed by atoms with Crippen molar-refractivity contribution in [2.45, 2.75) is 20.8 Å². The Hall–Kier alpha value is -4.51. The largest absolute Gasteiger partial charge is 0.429 e. The van der Waals surface area contributed by atoms with Gasteiger partial charge in [0.2, 0.25) is 0 Å². The lowest BCUT2D eigenvalue weighted by atomic mass is 10.1. The third kappa shape index (κ3) is 5.64. The second kappa shape index (κ2) is 11.8. The van der Waals surface area contributed by atoms with E-state index in [4.69, 9.17) is 14.5 Å². The summed E-state index contributed by atoms with van der Waals surface area (Å²) in [5.74, 6) is 0.613. The summed E-state index contributed by atoms with van der Waals surface area (Å²) in [6.07, 6.45) is 3.26. The molecule has 6 rings (SSSR count). The quantitative estimate of drug-likeness (QED) is 0.152. The molecule has 0 saturated carbocycles. The molecule has 0 fully saturated rings. The van der Waals surface area contributed by atoms with Gasteiger partial charge in [-0.15, -0.1) is 34.0 Å². The Kier molecular flexibility index (Phi) is 7.75. The third-order valence-electron chi connectivity index (χ3n) is 6.48. The van der Waals surface area contributed by atoms with Crippen LogP contribution in [0.2, 0.25) is 0 Å². The van der Waals surface area contributed by atoms with Crippen LogP contribution in [0, 0.1) is 20.8 Å². The van der Waals surface area contributed by atoms with Gasteiger partial charge in [-0.1, -0.05) is 0 Å². The van der Waals surface area contributed by atoms with Crippen LogP contribution in [0.25, 0.3) is 52.7 Å². The molecule has 0 spiro atoms. The van der Waals surface area contributed by atoms with E-state index in [1.807, 2.05) is 23.5 Å². The van der Waals surface area contributed by atoms with Gasteiger partial charge >= 0.3 is 0 Å². The van der Waals surface area contributed by atoms with Crippen LogP contribution in [0.5, 0.6) is 11.5 Å². The number of hydrogen-bond acceptors (Lipinski definition) is 10. The number of carbonyl (C=O) groups is 2.